The van der Waals surface area contributed by atoms with Crippen molar-refractivity contribution in [1.82, 2.24) is 10.3 Å². The minimum Gasteiger partial charge on any atom is -0.494 e. The van der Waals surface area contributed by atoms with Crippen LogP contribution < -0.4 is 25.4 Å². The molecular weight excluding hydrogens is 619 g/mol. The zero-order valence-corrected chi connectivity index (χ0v) is 27.2. The van der Waals surface area contributed by atoms with E-state index in [1.807, 2.05) is 12.1 Å². The molecule has 1 spiro atoms. The van der Waals surface area contributed by atoms with Gasteiger partial charge in [-0.1, -0.05) is 56.1 Å². The third kappa shape index (κ3) is 6.59. The summed E-state index contributed by atoms with van der Waals surface area (Å²) < 4.78 is 16.2. The molecule has 3 heterocycles. The Labute approximate surface area is 272 Å². The van der Waals surface area contributed by atoms with Gasteiger partial charge in [-0.05, 0) is 47.7 Å². The number of nitrogens with zero attached hydrogens (tertiary/aromatic N) is 1. The molecule has 2 aliphatic rings. The van der Waals surface area contributed by atoms with Crippen LogP contribution >= 0.6 is 23.2 Å². The summed E-state index contributed by atoms with van der Waals surface area (Å²) in [4.78, 5) is 44.3. The van der Waals surface area contributed by atoms with E-state index >= 15 is 0 Å². The minimum absolute atomic E-state index is 0.101. The van der Waals surface area contributed by atoms with Crippen LogP contribution in [0, 0.1) is 5.41 Å². The third-order valence-electron chi connectivity index (χ3n) is 8.02. The summed E-state index contributed by atoms with van der Waals surface area (Å²) in [5, 5.41) is 10.4. The van der Waals surface area contributed by atoms with Crippen LogP contribution in [0.3, 0.4) is 0 Å². The number of aromatic nitrogens is 1. The molecule has 4 atom stereocenters. The molecule has 10 nitrogen and oxygen atoms in total. The van der Waals surface area contributed by atoms with E-state index in [-0.39, 0.29) is 30.4 Å². The van der Waals surface area contributed by atoms with Crippen LogP contribution in [0.25, 0.3) is 0 Å². The summed E-state index contributed by atoms with van der Waals surface area (Å²) in [5.41, 5.74) is 0.729. The lowest BCUT2D eigenvalue weighted by atomic mass is 9.64. The lowest BCUT2D eigenvalue weighted by molar-refractivity contribution is -0.141. The maximum absolute atomic E-state index is 14.3. The first kappa shape index (κ1) is 32.5. The Hall–Kier alpha value is -3.86. The number of ether oxygens (including phenoxy) is 3. The van der Waals surface area contributed by atoms with Crippen molar-refractivity contribution in [2.24, 2.45) is 5.41 Å². The standard InChI is InChI=1S/C33H36Cl2N4O6/c1-18(40)44-11-12-45-22-9-10-23(25(15-22)43-5)37-30(41)28-27(19-7-6-8-20(34)13-19)33(26(39-28)16-32(2,3)4)29-24(38-31(33)42)14-21(35)17-36-29/h6-10,13-15,17,26-28,39H,11-12,16H2,1-5H3,(H,37,41)(H,38,42). The SMILES string of the molecule is COc1cc(OCCOC(C)=O)ccc1NC(=O)C1NC(CC(C)(C)C)C2(C(=O)Nc3cc(Cl)cnc32)C1c1cccc(Cl)c1. The topological polar surface area (TPSA) is 128 Å². The normalized spacial score (nSPS) is 22.1. The highest BCUT2D eigenvalue weighted by Gasteiger charge is 2.66. The number of anilines is 2. The van der Waals surface area contributed by atoms with Gasteiger partial charge in [0.1, 0.15) is 30.1 Å². The molecule has 5 rings (SSSR count). The number of rotatable bonds is 9. The summed E-state index contributed by atoms with van der Waals surface area (Å²) in [5.74, 6) is -0.869. The number of hydrogen-bond acceptors (Lipinski definition) is 8. The monoisotopic (exact) mass is 654 g/mol. The molecular formula is C33H36Cl2N4O6. The highest BCUT2D eigenvalue weighted by molar-refractivity contribution is 6.31. The summed E-state index contributed by atoms with van der Waals surface area (Å²) in [6.45, 7) is 7.86. The maximum Gasteiger partial charge on any atom is 0.302 e. The van der Waals surface area contributed by atoms with Crippen molar-refractivity contribution in [2.75, 3.05) is 31.0 Å². The van der Waals surface area contributed by atoms with Crippen molar-refractivity contribution in [1.29, 1.82) is 0 Å². The first-order valence-corrected chi connectivity index (χ1v) is 15.3. The number of benzene rings is 2. The second-order valence-corrected chi connectivity index (χ2v) is 13.3. The first-order chi connectivity index (χ1) is 21.3. The van der Waals surface area contributed by atoms with Crippen LogP contribution in [-0.2, 0) is 24.5 Å². The van der Waals surface area contributed by atoms with Gasteiger partial charge in [0.2, 0.25) is 11.8 Å². The Morgan fingerprint density at radius 3 is 2.53 bits per heavy atom. The van der Waals surface area contributed by atoms with Crippen molar-refractivity contribution in [3.63, 3.8) is 0 Å². The van der Waals surface area contributed by atoms with Crippen LogP contribution in [0.4, 0.5) is 11.4 Å². The molecule has 238 valence electrons. The maximum atomic E-state index is 14.3. The predicted molar refractivity (Wildman–Crippen MR) is 172 cm³/mol. The Morgan fingerprint density at radius 2 is 1.84 bits per heavy atom. The summed E-state index contributed by atoms with van der Waals surface area (Å²) in [7, 11) is 1.49. The van der Waals surface area contributed by atoms with Crippen LogP contribution in [0.2, 0.25) is 10.0 Å². The van der Waals surface area contributed by atoms with E-state index < -0.39 is 29.4 Å². The third-order valence-corrected chi connectivity index (χ3v) is 8.46. The molecule has 0 radical (unpaired) electrons. The number of carbonyl (C=O) groups is 3. The highest BCUT2D eigenvalue weighted by Crippen LogP contribution is 2.56. The average Bonchev–Trinajstić information content (AvgIpc) is 3.44. The molecule has 12 heteroatoms. The van der Waals surface area contributed by atoms with E-state index in [0.717, 1.165) is 5.56 Å². The minimum atomic E-state index is -1.25. The first-order valence-electron chi connectivity index (χ1n) is 14.6. The van der Waals surface area contributed by atoms with Crippen LogP contribution in [-0.4, -0.2) is 55.2 Å². The van der Waals surface area contributed by atoms with Gasteiger partial charge in [0.25, 0.3) is 0 Å². The Kier molecular flexibility index (Phi) is 9.30. The van der Waals surface area contributed by atoms with Crippen molar-refractivity contribution in [3.8, 4) is 11.5 Å². The number of esters is 1. The number of methoxy groups -OCH3 is 1. The van der Waals surface area contributed by atoms with Crippen LogP contribution in [0.1, 0.15) is 51.3 Å². The fourth-order valence-electron chi connectivity index (χ4n) is 6.37. The molecule has 3 N–H and O–H groups in total. The lowest BCUT2D eigenvalue weighted by Crippen LogP contribution is -2.50. The highest BCUT2D eigenvalue weighted by atomic mass is 35.5. The number of pyridine rings is 1. The van der Waals surface area contributed by atoms with E-state index in [1.54, 1.807) is 36.4 Å². The van der Waals surface area contributed by atoms with E-state index in [1.165, 1.54) is 20.2 Å². The molecule has 1 fully saturated rings. The number of amides is 2. The van der Waals surface area contributed by atoms with Gasteiger partial charge in [-0.25, -0.2) is 0 Å². The van der Waals surface area contributed by atoms with E-state index in [9.17, 15) is 14.4 Å². The average molecular weight is 656 g/mol. The molecule has 1 aromatic heterocycles. The van der Waals surface area contributed by atoms with Crippen molar-refractivity contribution in [2.45, 2.75) is 57.5 Å². The van der Waals surface area contributed by atoms with Crippen molar-refractivity contribution < 1.29 is 28.6 Å². The summed E-state index contributed by atoms with van der Waals surface area (Å²) in [6.07, 6.45) is 2.09. The van der Waals surface area contributed by atoms with Gasteiger partial charge in [0.15, 0.2) is 0 Å². The second-order valence-electron chi connectivity index (χ2n) is 12.4. The van der Waals surface area contributed by atoms with Gasteiger partial charge in [0.05, 0.1) is 35.2 Å². The molecule has 2 aromatic carbocycles. The zero-order chi connectivity index (χ0) is 32.5. The largest absolute Gasteiger partial charge is 0.494 e. The van der Waals surface area contributed by atoms with E-state index in [2.05, 4.69) is 36.7 Å². The fraction of sp³-hybridized carbons (Fsp3) is 0.394. The molecule has 1 saturated heterocycles. The smallest absolute Gasteiger partial charge is 0.302 e. The molecule has 0 bridgehead atoms. The number of halogens is 2. The molecule has 2 aliphatic heterocycles. The molecule has 4 unspecified atom stereocenters. The van der Waals surface area contributed by atoms with Gasteiger partial charge in [0, 0.05) is 36.2 Å². The predicted octanol–water partition coefficient (Wildman–Crippen LogP) is 5.73. The van der Waals surface area contributed by atoms with Gasteiger partial charge >= 0.3 is 5.97 Å². The molecule has 0 aliphatic carbocycles. The fourth-order valence-corrected chi connectivity index (χ4v) is 6.72. The van der Waals surface area contributed by atoms with Gasteiger partial charge in [-0.15, -0.1) is 0 Å². The summed E-state index contributed by atoms with van der Waals surface area (Å²) >= 11 is 12.8. The molecule has 3 aromatic rings. The van der Waals surface area contributed by atoms with Gasteiger partial charge < -0.3 is 30.2 Å². The quantitative estimate of drug-likeness (QED) is 0.197. The number of carbonyl (C=O) groups excluding carboxylic acids is 3. The molecule has 2 amide bonds. The lowest BCUT2D eigenvalue weighted by Gasteiger charge is -2.36. The number of fused-ring (bicyclic) bond motifs is 2. The van der Waals surface area contributed by atoms with Crippen LogP contribution in [0.15, 0.2) is 54.7 Å². The Balaban J connectivity index is 1.55. The van der Waals surface area contributed by atoms with Crippen molar-refractivity contribution >= 4 is 52.4 Å². The van der Waals surface area contributed by atoms with Crippen molar-refractivity contribution in [3.05, 3.63) is 76.0 Å². The van der Waals surface area contributed by atoms with Gasteiger partial charge in [-0.3, -0.25) is 19.4 Å². The Morgan fingerprint density at radius 1 is 1.07 bits per heavy atom. The zero-order valence-electron chi connectivity index (χ0n) is 25.7. The van der Waals surface area contributed by atoms with Gasteiger partial charge in [-0.2, -0.15) is 0 Å². The number of nitrogens with one attached hydrogen (secondary N) is 3. The Bertz CT molecular complexity index is 1630. The van der Waals surface area contributed by atoms with Crippen LogP contribution in [0.5, 0.6) is 11.5 Å². The second kappa shape index (κ2) is 12.9. The number of hydrogen-bond donors (Lipinski definition) is 3. The van der Waals surface area contributed by atoms with E-state index in [0.29, 0.717) is 45.0 Å². The molecule has 0 saturated carbocycles. The van der Waals surface area contributed by atoms with E-state index in [4.69, 9.17) is 42.4 Å². The summed E-state index contributed by atoms with van der Waals surface area (Å²) in [6, 6.07) is 12.6. The molecule has 45 heavy (non-hydrogen) atoms.